The Morgan fingerprint density at radius 1 is 1.26 bits per heavy atom. The Hall–Kier alpha value is -1.88. The maximum Gasteiger partial charge on any atom is 0.251 e. The normalized spacial score (nSPS) is 19.2. The Bertz CT molecular complexity index is 518. The van der Waals surface area contributed by atoms with Crippen LogP contribution in [-0.4, -0.2) is 49.4 Å². The standard InChI is InChI=1S/C18H27N3O2/c1-14(12-19-2)18(23)21-11-7-6-10-16(21)13-20-17(22)15-8-4-3-5-9-15/h3-5,8-9,14,16,19H,6-7,10-13H2,1-2H3,(H,20,22). The number of rotatable bonds is 6. The van der Waals surface area contributed by atoms with Gasteiger partial charge in [-0.25, -0.2) is 0 Å². The van der Waals surface area contributed by atoms with Crippen LogP contribution in [0.1, 0.15) is 36.5 Å². The molecular weight excluding hydrogens is 290 g/mol. The lowest BCUT2D eigenvalue weighted by atomic mass is 9.99. The summed E-state index contributed by atoms with van der Waals surface area (Å²) in [4.78, 5) is 26.7. The van der Waals surface area contributed by atoms with Crippen molar-refractivity contribution in [2.75, 3.05) is 26.7 Å². The van der Waals surface area contributed by atoms with Crippen LogP contribution in [0.4, 0.5) is 0 Å². The van der Waals surface area contributed by atoms with E-state index in [2.05, 4.69) is 10.6 Å². The Morgan fingerprint density at radius 2 is 2.00 bits per heavy atom. The van der Waals surface area contributed by atoms with Crippen molar-refractivity contribution >= 4 is 11.8 Å². The number of hydrogen-bond acceptors (Lipinski definition) is 3. The van der Waals surface area contributed by atoms with Gasteiger partial charge >= 0.3 is 0 Å². The number of carbonyl (C=O) groups is 2. The molecule has 0 aromatic heterocycles. The van der Waals surface area contributed by atoms with Gasteiger partial charge in [-0.15, -0.1) is 0 Å². The van der Waals surface area contributed by atoms with Crippen molar-refractivity contribution in [2.24, 2.45) is 5.92 Å². The fourth-order valence-electron chi connectivity index (χ4n) is 3.08. The molecule has 5 nitrogen and oxygen atoms in total. The third-order valence-electron chi connectivity index (χ3n) is 4.38. The SMILES string of the molecule is CNCC(C)C(=O)N1CCCCC1CNC(=O)c1ccccc1. The minimum absolute atomic E-state index is 0.0366. The van der Waals surface area contributed by atoms with Gasteiger partial charge in [0, 0.05) is 37.2 Å². The van der Waals surface area contributed by atoms with E-state index in [0.717, 1.165) is 25.8 Å². The van der Waals surface area contributed by atoms with Crippen LogP contribution < -0.4 is 10.6 Å². The summed E-state index contributed by atoms with van der Waals surface area (Å²) >= 11 is 0. The van der Waals surface area contributed by atoms with E-state index in [1.807, 2.05) is 37.1 Å². The van der Waals surface area contributed by atoms with Crippen molar-refractivity contribution in [3.05, 3.63) is 35.9 Å². The monoisotopic (exact) mass is 317 g/mol. The second-order valence-electron chi connectivity index (χ2n) is 6.22. The number of carbonyl (C=O) groups excluding carboxylic acids is 2. The first-order valence-electron chi connectivity index (χ1n) is 8.41. The lowest BCUT2D eigenvalue weighted by Crippen LogP contribution is -2.51. The average molecular weight is 317 g/mol. The van der Waals surface area contributed by atoms with E-state index in [-0.39, 0.29) is 23.8 Å². The lowest BCUT2D eigenvalue weighted by molar-refractivity contribution is -0.138. The quantitative estimate of drug-likeness (QED) is 0.839. The first-order valence-corrected chi connectivity index (χ1v) is 8.41. The van der Waals surface area contributed by atoms with Crippen LogP contribution in [0.2, 0.25) is 0 Å². The molecule has 0 bridgehead atoms. The molecule has 2 N–H and O–H groups in total. The molecular formula is C18H27N3O2. The number of likely N-dealkylation sites (tertiary alicyclic amines) is 1. The maximum atomic E-state index is 12.6. The minimum Gasteiger partial charge on any atom is -0.350 e. The highest BCUT2D eigenvalue weighted by Crippen LogP contribution is 2.19. The van der Waals surface area contributed by atoms with E-state index in [4.69, 9.17) is 0 Å². The van der Waals surface area contributed by atoms with Gasteiger partial charge in [0.05, 0.1) is 0 Å². The second-order valence-corrected chi connectivity index (χ2v) is 6.22. The summed E-state index contributed by atoms with van der Waals surface area (Å²) in [7, 11) is 1.86. The topological polar surface area (TPSA) is 61.4 Å². The van der Waals surface area contributed by atoms with Crippen molar-refractivity contribution in [3.63, 3.8) is 0 Å². The van der Waals surface area contributed by atoms with Crippen LogP contribution in [0.3, 0.4) is 0 Å². The van der Waals surface area contributed by atoms with Gasteiger partial charge in [0.2, 0.25) is 5.91 Å². The van der Waals surface area contributed by atoms with Gasteiger partial charge in [-0.3, -0.25) is 9.59 Å². The predicted octanol–water partition coefficient (Wildman–Crippen LogP) is 1.65. The minimum atomic E-state index is -0.0770. The largest absolute Gasteiger partial charge is 0.350 e. The second kappa shape index (κ2) is 8.67. The first kappa shape index (κ1) is 17.5. The van der Waals surface area contributed by atoms with Crippen molar-refractivity contribution < 1.29 is 9.59 Å². The zero-order valence-corrected chi connectivity index (χ0v) is 14.0. The summed E-state index contributed by atoms with van der Waals surface area (Å²) in [6.07, 6.45) is 3.10. The summed E-state index contributed by atoms with van der Waals surface area (Å²) in [5, 5.41) is 6.03. The Balaban J connectivity index is 1.93. The molecule has 0 aliphatic carbocycles. The first-order chi connectivity index (χ1) is 11.1. The van der Waals surface area contributed by atoms with Gasteiger partial charge in [-0.05, 0) is 38.4 Å². The summed E-state index contributed by atoms with van der Waals surface area (Å²) in [5.41, 5.74) is 0.657. The highest BCUT2D eigenvalue weighted by Gasteiger charge is 2.29. The van der Waals surface area contributed by atoms with E-state index in [0.29, 0.717) is 18.7 Å². The third kappa shape index (κ3) is 4.79. The van der Waals surface area contributed by atoms with E-state index in [1.54, 1.807) is 12.1 Å². The molecule has 2 amide bonds. The summed E-state index contributed by atoms with van der Waals surface area (Å²) < 4.78 is 0. The van der Waals surface area contributed by atoms with Gasteiger partial charge < -0.3 is 15.5 Å². The molecule has 2 unspecified atom stereocenters. The Kier molecular flexibility index (Phi) is 6.59. The molecule has 1 saturated heterocycles. The third-order valence-corrected chi connectivity index (χ3v) is 4.38. The van der Waals surface area contributed by atoms with Crippen LogP contribution in [0, 0.1) is 5.92 Å². The fraction of sp³-hybridized carbons (Fsp3) is 0.556. The van der Waals surface area contributed by atoms with Crippen LogP contribution in [0.25, 0.3) is 0 Å². The molecule has 1 aliphatic heterocycles. The molecule has 0 saturated carbocycles. The molecule has 2 rings (SSSR count). The average Bonchev–Trinajstić information content (AvgIpc) is 2.60. The number of piperidine rings is 1. The molecule has 1 heterocycles. The van der Waals surface area contributed by atoms with Crippen molar-refractivity contribution in [3.8, 4) is 0 Å². The van der Waals surface area contributed by atoms with E-state index in [9.17, 15) is 9.59 Å². The molecule has 2 atom stereocenters. The Morgan fingerprint density at radius 3 is 2.70 bits per heavy atom. The van der Waals surface area contributed by atoms with Gasteiger partial charge in [0.1, 0.15) is 0 Å². The van der Waals surface area contributed by atoms with Gasteiger partial charge in [-0.1, -0.05) is 25.1 Å². The van der Waals surface area contributed by atoms with Crippen LogP contribution in [-0.2, 0) is 4.79 Å². The molecule has 5 heteroatoms. The highest BCUT2D eigenvalue weighted by atomic mass is 16.2. The van der Waals surface area contributed by atoms with Crippen LogP contribution in [0.15, 0.2) is 30.3 Å². The molecule has 126 valence electrons. The van der Waals surface area contributed by atoms with E-state index in [1.165, 1.54) is 0 Å². The van der Waals surface area contributed by atoms with Gasteiger partial charge in [0.15, 0.2) is 0 Å². The summed E-state index contributed by atoms with van der Waals surface area (Å²) in [6.45, 7) is 3.94. The number of benzene rings is 1. The zero-order valence-electron chi connectivity index (χ0n) is 14.0. The van der Waals surface area contributed by atoms with Crippen molar-refractivity contribution in [2.45, 2.75) is 32.2 Å². The fourth-order valence-corrected chi connectivity index (χ4v) is 3.08. The summed E-state index contributed by atoms with van der Waals surface area (Å²) in [5.74, 6) is 0.0651. The van der Waals surface area contributed by atoms with Crippen molar-refractivity contribution in [1.82, 2.24) is 15.5 Å². The number of hydrogen-bond donors (Lipinski definition) is 2. The summed E-state index contributed by atoms with van der Waals surface area (Å²) in [6, 6.07) is 9.29. The molecule has 0 radical (unpaired) electrons. The van der Waals surface area contributed by atoms with Crippen molar-refractivity contribution in [1.29, 1.82) is 0 Å². The maximum absolute atomic E-state index is 12.6. The smallest absolute Gasteiger partial charge is 0.251 e. The number of nitrogens with one attached hydrogen (secondary N) is 2. The number of nitrogens with zero attached hydrogens (tertiary/aromatic N) is 1. The van der Waals surface area contributed by atoms with Crippen LogP contribution >= 0.6 is 0 Å². The molecule has 23 heavy (non-hydrogen) atoms. The highest BCUT2D eigenvalue weighted by molar-refractivity contribution is 5.94. The van der Waals surface area contributed by atoms with E-state index >= 15 is 0 Å². The molecule has 1 fully saturated rings. The molecule has 0 spiro atoms. The zero-order chi connectivity index (χ0) is 16.7. The lowest BCUT2D eigenvalue weighted by Gasteiger charge is -2.37. The molecule has 1 aromatic carbocycles. The predicted molar refractivity (Wildman–Crippen MR) is 91.2 cm³/mol. The van der Waals surface area contributed by atoms with E-state index < -0.39 is 0 Å². The van der Waals surface area contributed by atoms with Crippen LogP contribution in [0.5, 0.6) is 0 Å². The Labute approximate surface area is 138 Å². The molecule has 1 aromatic rings. The molecule has 1 aliphatic rings. The van der Waals surface area contributed by atoms with Gasteiger partial charge in [-0.2, -0.15) is 0 Å². The van der Waals surface area contributed by atoms with Gasteiger partial charge in [0.25, 0.3) is 5.91 Å². The number of amides is 2.